The number of aliphatic hydroxyl groups is 1. The lowest BCUT2D eigenvalue weighted by Gasteiger charge is -2.25. The fraction of sp³-hybridized carbons (Fsp3) is 0.125. The molecule has 5 nitrogen and oxygen atoms in total. The minimum absolute atomic E-state index is 0.00809. The number of carbonyl (C=O) groups excluding carboxylic acids is 2. The predicted molar refractivity (Wildman–Crippen MR) is 110 cm³/mol. The summed E-state index contributed by atoms with van der Waals surface area (Å²) in [6, 6.07) is 15.9. The first-order valence-electron chi connectivity index (χ1n) is 9.46. The number of carbonyl (C=O) groups is 2. The Kier molecular flexibility index (Phi) is 5.14. The van der Waals surface area contributed by atoms with E-state index in [1.54, 1.807) is 43.6 Å². The number of aryl methyl sites for hydroxylation is 1. The van der Waals surface area contributed by atoms with Gasteiger partial charge in [-0.2, -0.15) is 0 Å². The molecular weight excluding hydrogens is 383 g/mol. The van der Waals surface area contributed by atoms with Crippen molar-refractivity contribution in [3.8, 4) is 0 Å². The van der Waals surface area contributed by atoms with Crippen molar-refractivity contribution in [3.63, 3.8) is 0 Å². The second kappa shape index (κ2) is 7.91. The first kappa shape index (κ1) is 19.5. The van der Waals surface area contributed by atoms with E-state index >= 15 is 0 Å². The van der Waals surface area contributed by atoms with Crippen LogP contribution in [0.1, 0.15) is 28.3 Å². The van der Waals surface area contributed by atoms with Gasteiger partial charge in [0.25, 0.3) is 11.7 Å². The third kappa shape index (κ3) is 3.48. The topological polar surface area (TPSA) is 70.5 Å². The number of rotatable bonds is 4. The zero-order chi connectivity index (χ0) is 21.3. The van der Waals surface area contributed by atoms with E-state index < -0.39 is 23.5 Å². The number of amides is 1. The highest BCUT2D eigenvalue weighted by molar-refractivity contribution is 6.46. The van der Waals surface area contributed by atoms with Crippen LogP contribution < -0.4 is 0 Å². The molecule has 1 N–H and O–H groups in total. The first-order valence-corrected chi connectivity index (χ1v) is 9.46. The van der Waals surface area contributed by atoms with Gasteiger partial charge in [-0.05, 0) is 53.9 Å². The summed E-state index contributed by atoms with van der Waals surface area (Å²) >= 11 is 0. The summed E-state index contributed by atoms with van der Waals surface area (Å²) in [4.78, 5) is 31.3. The molecule has 6 heteroatoms. The molecular formula is C24H19FN2O3. The van der Waals surface area contributed by atoms with E-state index in [9.17, 15) is 19.1 Å². The highest BCUT2D eigenvalue weighted by atomic mass is 19.1. The third-order valence-corrected chi connectivity index (χ3v) is 5.19. The lowest BCUT2D eigenvalue weighted by molar-refractivity contribution is -0.140. The van der Waals surface area contributed by atoms with Crippen molar-refractivity contribution < 1.29 is 19.1 Å². The largest absolute Gasteiger partial charge is 0.507 e. The second-order valence-corrected chi connectivity index (χ2v) is 7.16. The number of aliphatic hydroxyl groups excluding tert-OH is 1. The van der Waals surface area contributed by atoms with E-state index in [2.05, 4.69) is 4.98 Å². The van der Waals surface area contributed by atoms with Gasteiger partial charge in [0.05, 0.1) is 11.6 Å². The maximum Gasteiger partial charge on any atom is 0.295 e. The molecule has 30 heavy (non-hydrogen) atoms. The smallest absolute Gasteiger partial charge is 0.295 e. The van der Waals surface area contributed by atoms with Gasteiger partial charge < -0.3 is 10.0 Å². The summed E-state index contributed by atoms with van der Waals surface area (Å²) in [5, 5.41) is 11.0. The van der Waals surface area contributed by atoms with Gasteiger partial charge in [0.15, 0.2) is 0 Å². The van der Waals surface area contributed by atoms with E-state index in [4.69, 9.17) is 0 Å². The zero-order valence-electron chi connectivity index (χ0n) is 16.2. The second-order valence-electron chi connectivity index (χ2n) is 7.16. The number of halogens is 1. The molecule has 3 aromatic rings. The lowest BCUT2D eigenvalue weighted by Crippen LogP contribution is -2.29. The summed E-state index contributed by atoms with van der Waals surface area (Å²) in [7, 11) is 0. The van der Waals surface area contributed by atoms with Crippen LogP contribution in [0.2, 0.25) is 0 Å². The Balaban J connectivity index is 1.86. The molecule has 0 bridgehead atoms. The molecule has 0 saturated carbocycles. The van der Waals surface area contributed by atoms with Gasteiger partial charge in [-0.25, -0.2) is 4.39 Å². The number of likely N-dealkylation sites (tertiary alicyclic amines) is 1. The average Bonchev–Trinajstić information content (AvgIpc) is 3.01. The number of hydrogen-bond donors (Lipinski definition) is 1. The summed E-state index contributed by atoms with van der Waals surface area (Å²) in [6.45, 7) is 1.76. The number of aromatic nitrogens is 1. The van der Waals surface area contributed by atoms with E-state index in [0.717, 1.165) is 5.56 Å². The summed E-state index contributed by atoms with van der Waals surface area (Å²) < 4.78 is 13.7. The fourth-order valence-corrected chi connectivity index (χ4v) is 3.66. The van der Waals surface area contributed by atoms with Crippen molar-refractivity contribution in [1.29, 1.82) is 0 Å². The quantitative estimate of drug-likeness (QED) is 0.404. The molecule has 1 aliphatic heterocycles. The van der Waals surface area contributed by atoms with Crippen LogP contribution in [0.15, 0.2) is 78.6 Å². The highest BCUT2D eigenvalue weighted by Crippen LogP contribution is 2.40. The van der Waals surface area contributed by atoms with Crippen LogP contribution in [-0.2, 0) is 16.1 Å². The van der Waals surface area contributed by atoms with E-state index in [1.807, 2.05) is 18.2 Å². The fourth-order valence-electron chi connectivity index (χ4n) is 3.66. The number of ketones is 1. The Hall–Kier alpha value is -3.80. The molecule has 1 amide bonds. The van der Waals surface area contributed by atoms with Crippen molar-refractivity contribution in [3.05, 3.63) is 107 Å². The Morgan fingerprint density at radius 3 is 2.43 bits per heavy atom. The summed E-state index contributed by atoms with van der Waals surface area (Å²) in [5.41, 5.74) is 2.13. The number of benzene rings is 2. The molecule has 1 fully saturated rings. The molecule has 1 unspecified atom stereocenters. The molecule has 2 aromatic carbocycles. The van der Waals surface area contributed by atoms with Crippen molar-refractivity contribution in [1.82, 2.24) is 9.88 Å². The SMILES string of the molecule is Cc1cc(/C(O)=C2/C(=O)C(=O)N(Cc3ccncc3)C2c2ccccc2)ccc1F. The van der Waals surface area contributed by atoms with Gasteiger partial charge in [-0.1, -0.05) is 30.3 Å². The van der Waals surface area contributed by atoms with Crippen molar-refractivity contribution in [2.75, 3.05) is 0 Å². The number of Topliss-reactive ketones (excluding diaryl/α,β-unsaturated/α-hetero) is 1. The van der Waals surface area contributed by atoms with Gasteiger partial charge in [-0.15, -0.1) is 0 Å². The molecule has 1 saturated heterocycles. The van der Waals surface area contributed by atoms with E-state index in [0.29, 0.717) is 11.1 Å². The van der Waals surface area contributed by atoms with Crippen molar-refractivity contribution in [2.24, 2.45) is 0 Å². The minimum Gasteiger partial charge on any atom is -0.507 e. The van der Waals surface area contributed by atoms with Gasteiger partial charge in [0, 0.05) is 24.5 Å². The molecule has 4 rings (SSSR count). The number of hydrogen-bond acceptors (Lipinski definition) is 4. The molecule has 150 valence electrons. The highest BCUT2D eigenvalue weighted by Gasteiger charge is 2.46. The van der Waals surface area contributed by atoms with Crippen LogP contribution in [-0.4, -0.2) is 26.7 Å². The number of nitrogens with zero attached hydrogens (tertiary/aromatic N) is 2. The Morgan fingerprint density at radius 1 is 1.07 bits per heavy atom. The lowest BCUT2D eigenvalue weighted by atomic mass is 9.94. The van der Waals surface area contributed by atoms with Crippen molar-refractivity contribution in [2.45, 2.75) is 19.5 Å². The molecule has 0 spiro atoms. The molecule has 1 aromatic heterocycles. The predicted octanol–water partition coefficient (Wildman–Crippen LogP) is 4.15. The Morgan fingerprint density at radius 2 is 1.77 bits per heavy atom. The van der Waals surface area contributed by atoms with E-state index in [-0.39, 0.29) is 23.4 Å². The Bertz CT molecular complexity index is 1140. The molecule has 1 atom stereocenters. The minimum atomic E-state index is -0.766. The van der Waals surface area contributed by atoms with Crippen LogP contribution in [0.25, 0.3) is 5.76 Å². The monoisotopic (exact) mass is 402 g/mol. The van der Waals surface area contributed by atoms with E-state index in [1.165, 1.54) is 23.1 Å². The maximum absolute atomic E-state index is 13.7. The van der Waals surface area contributed by atoms with Gasteiger partial charge in [-0.3, -0.25) is 14.6 Å². The van der Waals surface area contributed by atoms with Gasteiger partial charge >= 0.3 is 0 Å². The third-order valence-electron chi connectivity index (χ3n) is 5.19. The Labute approximate surface area is 173 Å². The van der Waals surface area contributed by atoms with Crippen LogP contribution in [0.5, 0.6) is 0 Å². The maximum atomic E-state index is 13.7. The summed E-state index contributed by atoms with van der Waals surface area (Å²) in [5.74, 6) is -2.19. The van der Waals surface area contributed by atoms with Gasteiger partial charge in [0.2, 0.25) is 0 Å². The standard InChI is InChI=1S/C24H19FN2O3/c1-15-13-18(7-8-19(15)25)22(28)20-21(17-5-3-2-4-6-17)27(24(30)23(20)29)14-16-9-11-26-12-10-16/h2-13,21,28H,14H2,1H3/b22-20-. The van der Waals surface area contributed by atoms with Crippen LogP contribution in [0.4, 0.5) is 4.39 Å². The molecule has 0 aliphatic carbocycles. The molecule has 2 heterocycles. The van der Waals surface area contributed by atoms with Crippen LogP contribution in [0, 0.1) is 12.7 Å². The molecule has 0 radical (unpaired) electrons. The van der Waals surface area contributed by atoms with Crippen LogP contribution >= 0.6 is 0 Å². The van der Waals surface area contributed by atoms with Crippen LogP contribution in [0.3, 0.4) is 0 Å². The zero-order valence-corrected chi connectivity index (χ0v) is 16.2. The van der Waals surface area contributed by atoms with Gasteiger partial charge in [0.1, 0.15) is 11.6 Å². The number of pyridine rings is 1. The van der Waals surface area contributed by atoms with Crippen molar-refractivity contribution >= 4 is 17.4 Å². The average molecular weight is 402 g/mol. The molecule has 1 aliphatic rings. The normalized spacial score (nSPS) is 18.1. The first-order chi connectivity index (χ1) is 14.5. The summed E-state index contributed by atoms with van der Waals surface area (Å²) in [6.07, 6.45) is 3.23.